The Labute approximate surface area is 194 Å². The Morgan fingerprint density at radius 2 is 1.79 bits per heavy atom. The van der Waals surface area contributed by atoms with Gasteiger partial charge in [-0.15, -0.1) is 0 Å². The number of aliphatic imine (C=N–C) groups is 1. The summed E-state index contributed by atoms with van der Waals surface area (Å²) >= 11 is 0. The lowest BCUT2D eigenvalue weighted by molar-refractivity contribution is 0.282. The molecule has 0 amide bonds. The van der Waals surface area contributed by atoms with E-state index in [2.05, 4.69) is 21.1 Å². The monoisotopic (exact) mass is 441 g/mol. The van der Waals surface area contributed by atoms with Crippen LogP contribution < -0.4 is 0 Å². The van der Waals surface area contributed by atoms with E-state index >= 15 is 0 Å². The van der Waals surface area contributed by atoms with Crippen LogP contribution in [0.1, 0.15) is 25.1 Å². The van der Waals surface area contributed by atoms with Gasteiger partial charge >= 0.3 is 0 Å². The predicted molar refractivity (Wildman–Crippen MR) is 136 cm³/mol. The SMILES string of the molecule is C=C(/C=C\C=NC)c1cc2cnc(-c3ccc(F)cc3)cc2n1-c1ccc(CO)cc1.CC. The number of aromatic nitrogens is 2. The van der Waals surface area contributed by atoms with Gasteiger partial charge in [0.1, 0.15) is 5.82 Å². The maximum Gasteiger partial charge on any atom is 0.123 e. The number of fused-ring (bicyclic) bond motifs is 1. The molecule has 33 heavy (non-hydrogen) atoms. The normalized spacial score (nSPS) is 11.2. The molecule has 0 saturated heterocycles. The topological polar surface area (TPSA) is 50.4 Å². The highest BCUT2D eigenvalue weighted by Gasteiger charge is 2.14. The molecule has 0 atom stereocenters. The second kappa shape index (κ2) is 11.2. The van der Waals surface area contributed by atoms with Crippen molar-refractivity contribution in [2.24, 2.45) is 4.99 Å². The Morgan fingerprint density at radius 1 is 1.09 bits per heavy atom. The fourth-order valence-electron chi connectivity index (χ4n) is 3.48. The third-order valence-electron chi connectivity index (χ3n) is 5.06. The second-order valence-corrected chi connectivity index (χ2v) is 7.12. The Bertz CT molecular complexity index is 1280. The van der Waals surface area contributed by atoms with Crippen LogP contribution in [0.5, 0.6) is 0 Å². The second-order valence-electron chi connectivity index (χ2n) is 7.12. The Kier molecular flexibility index (Phi) is 8.06. The Hall–Kier alpha value is -3.83. The van der Waals surface area contributed by atoms with Crippen LogP contribution in [-0.2, 0) is 6.61 Å². The van der Waals surface area contributed by atoms with Gasteiger partial charge in [-0.2, -0.15) is 0 Å². The molecule has 2 aromatic carbocycles. The number of hydrogen-bond donors (Lipinski definition) is 1. The van der Waals surface area contributed by atoms with Crippen LogP contribution in [0.2, 0.25) is 0 Å². The average Bonchev–Trinajstić information content (AvgIpc) is 3.25. The molecule has 168 valence electrons. The van der Waals surface area contributed by atoms with Gasteiger partial charge in [0.15, 0.2) is 0 Å². The molecule has 0 bridgehead atoms. The summed E-state index contributed by atoms with van der Waals surface area (Å²) in [7, 11) is 1.72. The summed E-state index contributed by atoms with van der Waals surface area (Å²) in [5.41, 5.74) is 6.08. The van der Waals surface area contributed by atoms with Crippen molar-refractivity contribution < 1.29 is 9.50 Å². The van der Waals surface area contributed by atoms with E-state index in [9.17, 15) is 9.50 Å². The summed E-state index contributed by atoms with van der Waals surface area (Å²) in [5.74, 6) is -0.279. The fourth-order valence-corrected chi connectivity index (χ4v) is 3.48. The molecule has 0 aliphatic heterocycles. The minimum atomic E-state index is -0.279. The van der Waals surface area contributed by atoms with E-state index < -0.39 is 0 Å². The standard InChI is InChI=1S/C26H22FN3O.C2H6/c1-18(4-3-13-28-2)25-14-21-16-29-24(20-7-9-22(27)10-8-20)15-26(21)30(25)23-11-5-19(17-31)6-12-23;1-2/h3-16,31H,1,17H2,2H3;1-2H3/b4-3-,28-13?;. The smallest absolute Gasteiger partial charge is 0.123 e. The number of rotatable bonds is 6. The van der Waals surface area contributed by atoms with Crippen molar-refractivity contribution in [2.45, 2.75) is 20.5 Å². The summed E-state index contributed by atoms with van der Waals surface area (Å²) < 4.78 is 15.5. The molecule has 0 saturated carbocycles. The van der Waals surface area contributed by atoms with Gasteiger partial charge in [-0.05, 0) is 65.7 Å². The molecule has 0 fully saturated rings. The third kappa shape index (κ3) is 5.33. The first-order valence-electron chi connectivity index (χ1n) is 10.9. The van der Waals surface area contributed by atoms with Gasteiger partial charge in [-0.25, -0.2) is 4.39 Å². The lowest BCUT2D eigenvalue weighted by Crippen LogP contribution is -1.99. The van der Waals surface area contributed by atoms with E-state index in [1.165, 1.54) is 12.1 Å². The quantitative estimate of drug-likeness (QED) is 0.270. The zero-order chi connectivity index (χ0) is 23.8. The molecule has 5 heteroatoms. The number of allylic oxidation sites excluding steroid dienone is 3. The van der Waals surface area contributed by atoms with Crippen molar-refractivity contribution in [3.63, 3.8) is 0 Å². The van der Waals surface area contributed by atoms with E-state index in [0.717, 1.165) is 44.7 Å². The Balaban J connectivity index is 0.00000149. The number of halogens is 1. The van der Waals surface area contributed by atoms with Gasteiger partial charge in [-0.3, -0.25) is 9.98 Å². The molecule has 0 spiro atoms. The van der Waals surface area contributed by atoms with Gasteiger partial charge in [0, 0.05) is 36.1 Å². The lowest BCUT2D eigenvalue weighted by atomic mass is 10.1. The molecule has 0 unspecified atom stereocenters. The van der Waals surface area contributed by atoms with Crippen molar-refractivity contribution >= 4 is 22.7 Å². The van der Waals surface area contributed by atoms with Gasteiger partial charge in [0.05, 0.1) is 23.5 Å². The van der Waals surface area contributed by atoms with E-state index in [-0.39, 0.29) is 12.4 Å². The number of aliphatic hydroxyl groups excluding tert-OH is 1. The summed E-state index contributed by atoms with van der Waals surface area (Å²) in [6.45, 7) is 8.22. The van der Waals surface area contributed by atoms with E-state index in [1.807, 2.05) is 68.6 Å². The van der Waals surface area contributed by atoms with Gasteiger partial charge in [0.25, 0.3) is 0 Å². The first-order valence-corrected chi connectivity index (χ1v) is 10.9. The highest BCUT2D eigenvalue weighted by molar-refractivity contribution is 5.91. The number of hydrogen-bond acceptors (Lipinski definition) is 3. The summed E-state index contributed by atoms with van der Waals surface area (Å²) in [6, 6.07) is 18.1. The third-order valence-corrected chi connectivity index (χ3v) is 5.06. The van der Waals surface area contributed by atoms with Crippen LogP contribution in [-0.4, -0.2) is 27.9 Å². The van der Waals surface area contributed by atoms with Gasteiger partial charge < -0.3 is 9.67 Å². The number of aliphatic hydroxyl groups is 1. The summed E-state index contributed by atoms with van der Waals surface area (Å²) in [6.07, 6.45) is 7.29. The van der Waals surface area contributed by atoms with E-state index in [1.54, 1.807) is 25.4 Å². The van der Waals surface area contributed by atoms with Crippen LogP contribution in [0.4, 0.5) is 4.39 Å². The first kappa shape index (κ1) is 23.8. The highest BCUT2D eigenvalue weighted by Crippen LogP contribution is 2.31. The molecule has 4 aromatic rings. The van der Waals surface area contributed by atoms with Crippen molar-refractivity contribution in [1.82, 2.24) is 9.55 Å². The maximum atomic E-state index is 13.4. The molecule has 1 N–H and O–H groups in total. The zero-order valence-corrected chi connectivity index (χ0v) is 19.2. The van der Waals surface area contributed by atoms with E-state index in [4.69, 9.17) is 0 Å². The number of nitrogens with zero attached hydrogens (tertiary/aromatic N) is 3. The molecule has 0 aliphatic carbocycles. The first-order chi connectivity index (χ1) is 16.1. The summed E-state index contributed by atoms with van der Waals surface area (Å²) in [4.78, 5) is 8.55. The molecular formula is C28H28FN3O. The predicted octanol–water partition coefficient (Wildman–Crippen LogP) is 6.62. The highest BCUT2D eigenvalue weighted by atomic mass is 19.1. The molecule has 2 aromatic heterocycles. The van der Waals surface area contributed by atoms with Crippen LogP contribution in [0, 0.1) is 5.82 Å². The molecular weight excluding hydrogens is 413 g/mol. The van der Waals surface area contributed by atoms with Crippen molar-refractivity contribution in [3.8, 4) is 16.9 Å². The fraction of sp³-hybridized carbons (Fsp3) is 0.143. The average molecular weight is 442 g/mol. The van der Waals surface area contributed by atoms with Crippen LogP contribution >= 0.6 is 0 Å². The minimum Gasteiger partial charge on any atom is -0.392 e. The van der Waals surface area contributed by atoms with Gasteiger partial charge in [0.2, 0.25) is 0 Å². The van der Waals surface area contributed by atoms with Crippen molar-refractivity contribution in [1.29, 1.82) is 0 Å². The Morgan fingerprint density at radius 3 is 2.42 bits per heavy atom. The van der Waals surface area contributed by atoms with E-state index in [0.29, 0.717) is 0 Å². The lowest BCUT2D eigenvalue weighted by Gasteiger charge is -2.12. The van der Waals surface area contributed by atoms with Crippen molar-refractivity contribution in [3.05, 3.63) is 103 Å². The van der Waals surface area contributed by atoms with Crippen LogP contribution in [0.15, 0.2) is 90.6 Å². The van der Waals surface area contributed by atoms with Crippen LogP contribution in [0.25, 0.3) is 33.4 Å². The summed E-state index contributed by atoms with van der Waals surface area (Å²) in [5, 5.41) is 10.4. The molecule has 0 aliphatic rings. The number of benzene rings is 2. The molecule has 4 rings (SSSR count). The minimum absolute atomic E-state index is 0.00992. The molecule has 2 heterocycles. The largest absolute Gasteiger partial charge is 0.392 e. The zero-order valence-electron chi connectivity index (χ0n) is 19.2. The van der Waals surface area contributed by atoms with Gasteiger partial charge in [-0.1, -0.05) is 38.6 Å². The molecule has 0 radical (unpaired) electrons. The number of pyridine rings is 1. The van der Waals surface area contributed by atoms with Crippen LogP contribution in [0.3, 0.4) is 0 Å². The maximum absolute atomic E-state index is 13.4. The van der Waals surface area contributed by atoms with Crippen molar-refractivity contribution in [2.75, 3.05) is 7.05 Å². The molecule has 4 nitrogen and oxygen atoms in total.